The van der Waals surface area contributed by atoms with E-state index in [1.165, 1.54) is 30.5 Å². The molecule has 6 N–H and O–H groups in total. The van der Waals surface area contributed by atoms with Crippen LogP contribution in [0.3, 0.4) is 0 Å². The minimum atomic E-state index is -1.63. The van der Waals surface area contributed by atoms with Gasteiger partial charge in [-0.15, -0.1) is 0 Å². The second kappa shape index (κ2) is 9.18. The van der Waals surface area contributed by atoms with Crippen LogP contribution in [0, 0.1) is 11.8 Å². The van der Waals surface area contributed by atoms with Crippen molar-refractivity contribution in [3.8, 4) is 5.75 Å². The van der Waals surface area contributed by atoms with Crippen molar-refractivity contribution in [2.45, 2.75) is 62.0 Å². The number of aromatic hydroxyl groups is 1. The molecule has 0 aromatic heterocycles. The first-order valence-electron chi connectivity index (χ1n) is 10.6. The lowest BCUT2D eigenvalue weighted by Crippen LogP contribution is -2.60. The average Bonchev–Trinajstić information content (AvgIpc) is 3.05. The molecule has 33 heavy (non-hydrogen) atoms. The number of ether oxygens (including phenoxy) is 4. The molecule has 1 aliphatic carbocycles. The molecule has 2 fully saturated rings. The molecular formula is C22H28O11. The zero-order valence-electron chi connectivity index (χ0n) is 17.8. The van der Waals surface area contributed by atoms with Gasteiger partial charge in [0.25, 0.3) is 0 Å². The van der Waals surface area contributed by atoms with E-state index >= 15 is 0 Å². The highest BCUT2D eigenvalue weighted by molar-refractivity contribution is 5.89. The van der Waals surface area contributed by atoms with Gasteiger partial charge in [0.15, 0.2) is 6.29 Å². The third-order valence-electron chi connectivity index (χ3n) is 6.46. The summed E-state index contributed by atoms with van der Waals surface area (Å²) in [5.74, 6) is -1.84. The van der Waals surface area contributed by atoms with Crippen molar-refractivity contribution >= 4 is 5.97 Å². The Morgan fingerprint density at radius 2 is 1.82 bits per heavy atom. The molecule has 182 valence electrons. The van der Waals surface area contributed by atoms with Gasteiger partial charge in [0, 0.05) is 12.3 Å². The Bertz CT molecular complexity index is 868. The van der Waals surface area contributed by atoms with Gasteiger partial charge in [0.05, 0.1) is 30.0 Å². The maximum absolute atomic E-state index is 12.6. The zero-order valence-corrected chi connectivity index (χ0v) is 17.8. The molecule has 0 radical (unpaired) electrons. The van der Waals surface area contributed by atoms with Crippen molar-refractivity contribution in [1.29, 1.82) is 0 Å². The summed E-state index contributed by atoms with van der Waals surface area (Å²) < 4.78 is 22.3. The molecule has 10 atom stereocenters. The van der Waals surface area contributed by atoms with Crippen molar-refractivity contribution in [2.75, 3.05) is 6.61 Å². The molecule has 0 unspecified atom stereocenters. The number of rotatable bonds is 5. The van der Waals surface area contributed by atoms with E-state index in [0.717, 1.165) is 0 Å². The van der Waals surface area contributed by atoms with Crippen molar-refractivity contribution in [2.24, 2.45) is 11.8 Å². The summed E-state index contributed by atoms with van der Waals surface area (Å²) >= 11 is 0. The van der Waals surface area contributed by atoms with Crippen LogP contribution < -0.4 is 0 Å². The average molecular weight is 468 g/mol. The molecule has 11 nitrogen and oxygen atoms in total. The predicted octanol–water partition coefficient (Wildman–Crippen LogP) is -1.01. The van der Waals surface area contributed by atoms with Crippen LogP contribution >= 0.6 is 0 Å². The lowest BCUT2D eigenvalue weighted by Gasteiger charge is -2.43. The molecule has 2 aliphatic heterocycles. The highest BCUT2D eigenvalue weighted by atomic mass is 16.8. The number of hydrogen-bond donors (Lipinski definition) is 6. The first-order valence-corrected chi connectivity index (χ1v) is 10.6. The van der Waals surface area contributed by atoms with Crippen molar-refractivity contribution < 1.29 is 54.4 Å². The Hall–Kier alpha value is -2.25. The van der Waals surface area contributed by atoms with Crippen LogP contribution in [0.1, 0.15) is 23.7 Å². The van der Waals surface area contributed by atoms with Gasteiger partial charge in [0.2, 0.25) is 6.29 Å². The number of aliphatic hydroxyl groups excluding tert-OH is 4. The number of benzene rings is 1. The lowest BCUT2D eigenvalue weighted by molar-refractivity contribution is -0.346. The van der Waals surface area contributed by atoms with Crippen LogP contribution in [0.25, 0.3) is 0 Å². The van der Waals surface area contributed by atoms with Crippen LogP contribution in [0.2, 0.25) is 0 Å². The number of hydrogen-bond acceptors (Lipinski definition) is 11. The number of esters is 1. The summed E-state index contributed by atoms with van der Waals surface area (Å²) in [6.07, 6.45) is -6.21. The van der Waals surface area contributed by atoms with E-state index in [9.17, 15) is 35.4 Å². The minimum absolute atomic E-state index is 0.0101. The molecular weight excluding hydrogens is 440 g/mol. The monoisotopic (exact) mass is 468 g/mol. The van der Waals surface area contributed by atoms with E-state index in [1.54, 1.807) is 13.0 Å². The van der Waals surface area contributed by atoms with E-state index in [2.05, 4.69) is 0 Å². The summed E-state index contributed by atoms with van der Waals surface area (Å²) in [5, 5.41) is 60.1. The van der Waals surface area contributed by atoms with E-state index < -0.39 is 73.1 Å². The summed E-state index contributed by atoms with van der Waals surface area (Å²) in [4.78, 5) is 12.6. The molecule has 3 aliphatic rings. The lowest BCUT2D eigenvalue weighted by atomic mass is 9.85. The topological polar surface area (TPSA) is 175 Å². The number of carbonyl (C=O) groups is 1. The first-order chi connectivity index (χ1) is 15.6. The van der Waals surface area contributed by atoms with Crippen molar-refractivity contribution in [3.63, 3.8) is 0 Å². The number of aliphatic hydroxyl groups is 5. The molecule has 1 aromatic rings. The highest BCUT2D eigenvalue weighted by Gasteiger charge is 2.58. The van der Waals surface area contributed by atoms with Crippen LogP contribution in [0.15, 0.2) is 36.6 Å². The van der Waals surface area contributed by atoms with E-state index in [-0.39, 0.29) is 17.7 Å². The first kappa shape index (κ1) is 23.9. The molecule has 4 rings (SSSR count). The van der Waals surface area contributed by atoms with Crippen LogP contribution in [0.5, 0.6) is 5.75 Å². The maximum Gasteiger partial charge on any atom is 0.338 e. The Kier molecular flexibility index (Phi) is 6.65. The van der Waals surface area contributed by atoms with Gasteiger partial charge >= 0.3 is 5.97 Å². The fraction of sp³-hybridized carbons (Fsp3) is 0.591. The van der Waals surface area contributed by atoms with Crippen molar-refractivity contribution in [3.05, 3.63) is 42.2 Å². The quantitative estimate of drug-likeness (QED) is 0.292. The fourth-order valence-electron chi connectivity index (χ4n) is 4.69. The van der Waals surface area contributed by atoms with Gasteiger partial charge < -0.3 is 49.6 Å². The Labute approximate surface area is 189 Å². The third kappa shape index (κ3) is 4.58. The summed E-state index contributed by atoms with van der Waals surface area (Å²) in [7, 11) is 0. The summed E-state index contributed by atoms with van der Waals surface area (Å²) in [5.41, 5.74) is -1.16. The molecule has 0 bridgehead atoms. The molecule has 1 saturated heterocycles. The van der Waals surface area contributed by atoms with Gasteiger partial charge in [-0.1, -0.05) is 0 Å². The van der Waals surface area contributed by atoms with Crippen LogP contribution in [0.4, 0.5) is 0 Å². The zero-order chi connectivity index (χ0) is 23.9. The fourth-order valence-corrected chi connectivity index (χ4v) is 4.69. The number of phenolic OH excluding ortho intramolecular Hbond substituents is 1. The standard InChI is InChI=1S/C22H28O11/c1-22(29)8-13(31-19(28)10-2-4-11(24)5-3-10)12-6-7-30-20(15(12)22)33-21-18(27)17(26)16(25)14(9-23)32-21/h2-7,12-18,20-21,23-27,29H,8-9H2,1H3/t12-,13+,14-,15+,16+,17+,18+,20-,21-,22+/m0/s1. The van der Waals surface area contributed by atoms with E-state index in [4.69, 9.17) is 18.9 Å². The second-order valence-corrected chi connectivity index (χ2v) is 8.82. The Morgan fingerprint density at radius 3 is 2.48 bits per heavy atom. The SMILES string of the molecule is C[C@@]1(O)C[C@@H](OC(=O)c2ccc(O)cc2)[C@@H]2C=CO[C@@H](O[C@@H]3O[C@@H](CO)[C@@H](O)[C@@H](O)[C@H]3O)[C@@H]21. The normalized spacial score (nSPS) is 42.4. The van der Waals surface area contributed by atoms with Gasteiger partial charge in [-0.2, -0.15) is 0 Å². The van der Waals surface area contributed by atoms with Gasteiger partial charge in [-0.05, 0) is 37.3 Å². The van der Waals surface area contributed by atoms with Gasteiger partial charge in [0.1, 0.15) is 36.3 Å². The smallest absolute Gasteiger partial charge is 0.338 e. The maximum atomic E-state index is 12.6. The van der Waals surface area contributed by atoms with E-state index in [1.807, 2.05) is 0 Å². The van der Waals surface area contributed by atoms with Gasteiger partial charge in [-0.25, -0.2) is 4.79 Å². The molecule has 0 amide bonds. The summed E-state index contributed by atoms with van der Waals surface area (Å²) in [6.45, 7) is 0.931. The molecule has 0 spiro atoms. The summed E-state index contributed by atoms with van der Waals surface area (Å²) in [6, 6.07) is 5.58. The minimum Gasteiger partial charge on any atom is -0.508 e. The predicted molar refractivity (Wildman–Crippen MR) is 108 cm³/mol. The highest BCUT2D eigenvalue weighted by Crippen LogP contribution is 2.48. The number of carbonyl (C=O) groups excluding carboxylic acids is 1. The Morgan fingerprint density at radius 1 is 1.12 bits per heavy atom. The third-order valence-corrected chi connectivity index (χ3v) is 6.46. The van der Waals surface area contributed by atoms with Crippen LogP contribution in [-0.2, 0) is 18.9 Å². The number of fused-ring (bicyclic) bond motifs is 1. The second-order valence-electron chi connectivity index (χ2n) is 8.82. The molecule has 11 heteroatoms. The molecule has 1 saturated carbocycles. The van der Waals surface area contributed by atoms with Crippen LogP contribution in [-0.4, -0.2) is 91.9 Å². The van der Waals surface area contributed by atoms with Gasteiger partial charge in [-0.3, -0.25) is 0 Å². The van der Waals surface area contributed by atoms with E-state index in [0.29, 0.717) is 0 Å². The Balaban J connectivity index is 1.49. The largest absolute Gasteiger partial charge is 0.508 e. The van der Waals surface area contributed by atoms with Crippen molar-refractivity contribution in [1.82, 2.24) is 0 Å². The number of phenols is 1. The molecule has 2 heterocycles. The molecule has 1 aromatic carbocycles.